The number of rotatable bonds is 2. The second-order valence-electron chi connectivity index (χ2n) is 3.20. The van der Waals surface area contributed by atoms with Gasteiger partial charge < -0.3 is 15.6 Å². The van der Waals surface area contributed by atoms with Gasteiger partial charge in [-0.15, -0.1) is 0 Å². The van der Waals surface area contributed by atoms with E-state index in [0.29, 0.717) is 16.9 Å². The summed E-state index contributed by atoms with van der Waals surface area (Å²) in [6.07, 6.45) is 1.45. The van der Waals surface area contributed by atoms with Crippen LogP contribution in [-0.2, 0) is 0 Å². The predicted molar refractivity (Wildman–Crippen MR) is 56.6 cm³/mol. The molecule has 0 aliphatic heterocycles. The molecule has 0 fully saturated rings. The van der Waals surface area contributed by atoms with Gasteiger partial charge in [-0.2, -0.15) is 5.10 Å². The SMILES string of the molecule is COc1cc(-c2cn[nH]c2N)c(O)cc1F. The number of anilines is 1. The fourth-order valence-corrected chi connectivity index (χ4v) is 1.43. The average molecular weight is 223 g/mol. The molecule has 0 unspecified atom stereocenters. The van der Waals surface area contributed by atoms with Crippen LogP contribution in [0.3, 0.4) is 0 Å². The number of phenols is 1. The van der Waals surface area contributed by atoms with E-state index in [9.17, 15) is 9.50 Å². The number of benzene rings is 1. The zero-order valence-corrected chi connectivity index (χ0v) is 8.49. The summed E-state index contributed by atoms with van der Waals surface area (Å²) in [5, 5.41) is 15.9. The Bertz CT molecular complexity index is 525. The summed E-state index contributed by atoms with van der Waals surface area (Å²) < 4.78 is 18.1. The summed E-state index contributed by atoms with van der Waals surface area (Å²) >= 11 is 0. The summed E-state index contributed by atoms with van der Waals surface area (Å²) in [4.78, 5) is 0. The third kappa shape index (κ3) is 1.54. The van der Waals surface area contributed by atoms with Gasteiger partial charge >= 0.3 is 0 Å². The van der Waals surface area contributed by atoms with Gasteiger partial charge in [0, 0.05) is 17.2 Å². The Morgan fingerprint density at radius 2 is 2.19 bits per heavy atom. The van der Waals surface area contributed by atoms with Crippen molar-refractivity contribution in [2.75, 3.05) is 12.8 Å². The zero-order valence-electron chi connectivity index (χ0n) is 8.49. The van der Waals surface area contributed by atoms with Crippen molar-refractivity contribution in [3.63, 3.8) is 0 Å². The van der Waals surface area contributed by atoms with Crippen LogP contribution in [0.2, 0.25) is 0 Å². The Kier molecular flexibility index (Phi) is 2.40. The van der Waals surface area contributed by atoms with Gasteiger partial charge in [-0.1, -0.05) is 0 Å². The first-order valence-electron chi connectivity index (χ1n) is 4.49. The number of nitrogens with one attached hydrogen (secondary N) is 1. The first-order chi connectivity index (χ1) is 7.63. The molecular weight excluding hydrogens is 213 g/mol. The average Bonchev–Trinajstić information content (AvgIpc) is 2.65. The van der Waals surface area contributed by atoms with Crippen molar-refractivity contribution in [3.05, 3.63) is 24.1 Å². The third-order valence-corrected chi connectivity index (χ3v) is 2.23. The smallest absolute Gasteiger partial charge is 0.168 e. The van der Waals surface area contributed by atoms with E-state index in [1.165, 1.54) is 19.4 Å². The van der Waals surface area contributed by atoms with Crippen LogP contribution in [0.25, 0.3) is 11.1 Å². The molecule has 2 rings (SSSR count). The molecule has 0 saturated heterocycles. The molecule has 0 aliphatic carbocycles. The molecule has 0 aliphatic rings. The van der Waals surface area contributed by atoms with Crippen LogP contribution in [0.5, 0.6) is 11.5 Å². The molecule has 16 heavy (non-hydrogen) atoms. The summed E-state index contributed by atoms with van der Waals surface area (Å²) in [6, 6.07) is 2.34. The maximum Gasteiger partial charge on any atom is 0.168 e. The molecule has 0 spiro atoms. The number of H-pyrrole nitrogens is 1. The monoisotopic (exact) mass is 223 g/mol. The van der Waals surface area contributed by atoms with Crippen molar-refractivity contribution in [1.29, 1.82) is 0 Å². The molecule has 0 amide bonds. The van der Waals surface area contributed by atoms with Gasteiger partial charge in [0.15, 0.2) is 11.6 Å². The van der Waals surface area contributed by atoms with Gasteiger partial charge in [-0.05, 0) is 6.07 Å². The highest BCUT2D eigenvalue weighted by molar-refractivity contribution is 5.78. The number of phenolic OH excluding ortho intramolecular Hbond substituents is 1. The largest absolute Gasteiger partial charge is 0.507 e. The Morgan fingerprint density at radius 1 is 1.44 bits per heavy atom. The molecule has 0 saturated carbocycles. The minimum Gasteiger partial charge on any atom is -0.507 e. The van der Waals surface area contributed by atoms with Crippen LogP contribution in [0.15, 0.2) is 18.3 Å². The highest BCUT2D eigenvalue weighted by Crippen LogP contribution is 2.36. The van der Waals surface area contributed by atoms with Gasteiger partial charge in [0.05, 0.1) is 13.3 Å². The molecule has 1 aromatic heterocycles. The van der Waals surface area contributed by atoms with Crippen molar-refractivity contribution in [2.24, 2.45) is 0 Å². The second kappa shape index (κ2) is 3.73. The molecule has 0 radical (unpaired) electrons. The van der Waals surface area contributed by atoms with E-state index in [2.05, 4.69) is 10.2 Å². The molecule has 0 atom stereocenters. The minimum atomic E-state index is -0.634. The van der Waals surface area contributed by atoms with Gasteiger partial charge in [0.1, 0.15) is 11.6 Å². The van der Waals surface area contributed by atoms with Crippen molar-refractivity contribution in [2.45, 2.75) is 0 Å². The summed E-state index contributed by atoms with van der Waals surface area (Å²) in [7, 11) is 1.35. The number of hydrogen-bond donors (Lipinski definition) is 3. The standard InChI is InChI=1S/C10H10FN3O2/c1-16-9-2-5(8(15)3-7(9)11)6-4-13-14-10(6)12/h2-4,15H,1H3,(H3,12,13,14). The molecular formula is C10H10FN3O2. The number of nitrogens with two attached hydrogens (primary N) is 1. The Morgan fingerprint density at radius 3 is 2.75 bits per heavy atom. The van der Waals surface area contributed by atoms with Crippen LogP contribution in [0.4, 0.5) is 10.2 Å². The molecule has 2 aromatic rings. The van der Waals surface area contributed by atoms with Crippen molar-refractivity contribution >= 4 is 5.82 Å². The first-order valence-corrected chi connectivity index (χ1v) is 4.49. The van der Waals surface area contributed by atoms with E-state index in [0.717, 1.165) is 6.07 Å². The molecule has 1 aromatic carbocycles. The minimum absolute atomic E-state index is 0.0356. The Labute approximate surface area is 90.7 Å². The Hall–Kier alpha value is -2.24. The van der Waals surface area contributed by atoms with E-state index in [1.54, 1.807) is 0 Å². The van der Waals surface area contributed by atoms with E-state index in [-0.39, 0.29) is 11.5 Å². The summed E-state index contributed by atoms with van der Waals surface area (Å²) in [6.45, 7) is 0. The number of nitrogen functional groups attached to an aromatic ring is 1. The van der Waals surface area contributed by atoms with Crippen molar-refractivity contribution < 1.29 is 14.2 Å². The summed E-state index contributed by atoms with van der Waals surface area (Å²) in [5.41, 5.74) is 6.47. The number of ether oxygens (including phenoxy) is 1. The normalized spacial score (nSPS) is 10.4. The van der Waals surface area contributed by atoms with Gasteiger partial charge in [-0.3, -0.25) is 5.10 Å². The maximum absolute atomic E-state index is 13.2. The Balaban J connectivity index is 2.61. The van der Waals surface area contributed by atoms with Gasteiger partial charge in [0.25, 0.3) is 0 Å². The quantitative estimate of drug-likeness (QED) is 0.720. The fourth-order valence-electron chi connectivity index (χ4n) is 1.43. The van der Waals surface area contributed by atoms with Crippen molar-refractivity contribution in [3.8, 4) is 22.6 Å². The van der Waals surface area contributed by atoms with Crippen molar-refractivity contribution in [1.82, 2.24) is 10.2 Å². The fraction of sp³-hybridized carbons (Fsp3) is 0.100. The third-order valence-electron chi connectivity index (χ3n) is 2.23. The topological polar surface area (TPSA) is 84.2 Å². The zero-order chi connectivity index (χ0) is 11.7. The van der Waals surface area contributed by atoms with Crippen LogP contribution < -0.4 is 10.5 Å². The van der Waals surface area contributed by atoms with E-state index in [1.807, 2.05) is 0 Å². The van der Waals surface area contributed by atoms with Gasteiger partial charge in [-0.25, -0.2) is 4.39 Å². The van der Waals surface area contributed by atoms with E-state index in [4.69, 9.17) is 10.5 Å². The lowest BCUT2D eigenvalue weighted by atomic mass is 10.1. The number of aromatic nitrogens is 2. The van der Waals surface area contributed by atoms with E-state index >= 15 is 0 Å². The number of hydrogen-bond acceptors (Lipinski definition) is 4. The predicted octanol–water partition coefficient (Wildman–Crippen LogP) is 1.51. The number of halogens is 1. The molecule has 1 heterocycles. The number of aromatic amines is 1. The van der Waals surface area contributed by atoms with Crippen LogP contribution in [0, 0.1) is 5.82 Å². The lowest BCUT2D eigenvalue weighted by Crippen LogP contribution is -1.92. The molecule has 5 nitrogen and oxygen atoms in total. The number of methoxy groups -OCH3 is 1. The van der Waals surface area contributed by atoms with Crippen LogP contribution >= 0.6 is 0 Å². The summed E-state index contributed by atoms with van der Waals surface area (Å²) in [5.74, 6) is -0.519. The van der Waals surface area contributed by atoms with Crippen LogP contribution in [-0.4, -0.2) is 22.4 Å². The second-order valence-corrected chi connectivity index (χ2v) is 3.20. The highest BCUT2D eigenvalue weighted by Gasteiger charge is 2.14. The first kappa shape index (κ1) is 10.3. The molecule has 84 valence electrons. The van der Waals surface area contributed by atoms with Gasteiger partial charge in [0.2, 0.25) is 0 Å². The van der Waals surface area contributed by atoms with Crippen LogP contribution in [0.1, 0.15) is 0 Å². The highest BCUT2D eigenvalue weighted by atomic mass is 19.1. The number of aromatic hydroxyl groups is 1. The lowest BCUT2D eigenvalue weighted by Gasteiger charge is -2.07. The molecule has 0 bridgehead atoms. The molecule has 6 heteroatoms. The van der Waals surface area contributed by atoms with E-state index < -0.39 is 5.82 Å². The molecule has 4 N–H and O–H groups in total. The number of nitrogens with zero attached hydrogens (tertiary/aromatic N) is 1. The lowest BCUT2D eigenvalue weighted by molar-refractivity contribution is 0.383. The maximum atomic E-state index is 13.2.